The van der Waals surface area contributed by atoms with Gasteiger partial charge in [-0.1, -0.05) is 12.1 Å². The topological polar surface area (TPSA) is 73.9 Å². The number of aliphatic hydroxyl groups excluding tert-OH is 1. The van der Waals surface area contributed by atoms with Gasteiger partial charge in [-0.3, -0.25) is 0 Å². The number of hydrogen-bond acceptors (Lipinski definition) is 5. The number of nitrogens with two attached hydrogens (primary N) is 1. The standard InChI is InChI=1S/C16H16F3NO4/c1-22-13-5-3-4-10(15(13)23-2)14(21)11-8-9(6-7-12(11)20)24-16(17,18)19/h3-8,14,21H,20H2,1-2H3. The van der Waals surface area contributed by atoms with Crippen LogP contribution in [0.1, 0.15) is 17.2 Å². The third-order valence-electron chi connectivity index (χ3n) is 3.31. The first kappa shape index (κ1) is 17.7. The van der Waals surface area contributed by atoms with Gasteiger partial charge in [0.05, 0.1) is 14.2 Å². The molecule has 1 unspecified atom stereocenters. The molecular weight excluding hydrogens is 327 g/mol. The molecule has 8 heteroatoms. The summed E-state index contributed by atoms with van der Waals surface area (Å²) < 4.78 is 51.3. The monoisotopic (exact) mass is 343 g/mol. The Morgan fingerprint density at radius 1 is 1.04 bits per heavy atom. The number of para-hydroxylation sites is 1. The summed E-state index contributed by atoms with van der Waals surface area (Å²) in [4.78, 5) is 0. The lowest BCUT2D eigenvalue weighted by molar-refractivity contribution is -0.274. The highest BCUT2D eigenvalue weighted by Crippen LogP contribution is 2.39. The van der Waals surface area contributed by atoms with Crippen molar-refractivity contribution in [2.75, 3.05) is 20.0 Å². The lowest BCUT2D eigenvalue weighted by Gasteiger charge is -2.19. The van der Waals surface area contributed by atoms with Crippen LogP contribution in [-0.4, -0.2) is 25.7 Å². The van der Waals surface area contributed by atoms with Crippen LogP contribution in [0.5, 0.6) is 17.2 Å². The van der Waals surface area contributed by atoms with E-state index in [0.29, 0.717) is 11.3 Å². The van der Waals surface area contributed by atoms with Crippen LogP contribution in [0.4, 0.5) is 18.9 Å². The fourth-order valence-electron chi connectivity index (χ4n) is 2.28. The minimum Gasteiger partial charge on any atom is -0.493 e. The van der Waals surface area contributed by atoms with Gasteiger partial charge in [-0.25, -0.2) is 0 Å². The number of ether oxygens (including phenoxy) is 3. The number of aliphatic hydroxyl groups is 1. The molecule has 130 valence electrons. The Kier molecular flexibility index (Phi) is 5.08. The first-order chi connectivity index (χ1) is 11.3. The highest BCUT2D eigenvalue weighted by atomic mass is 19.4. The Hall–Kier alpha value is -2.61. The predicted molar refractivity (Wildman–Crippen MR) is 81.1 cm³/mol. The number of anilines is 1. The lowest BCUT2D eigenvalue weighted by Crippen LogP contribution is -2.17. The maximum Gasteiger partial charge on any atom is 0.573 e. The second kappa shape index (κ2) is 6.88. The smallest absolute Gasteiger partial charge is 0.493 e. The third-order valence-corrected chi connectivity index (χ3v) is 3.31. The number of hydrogen-bond donors (Lipinski definition) is 2. The summed E-state index contributed by atoms with van der Waals surface area (Å²) in [6, 6.07) is 8.14. The molecule has 0 fully saturated rings. The van der Waals surface area contributed by atoms with E-state index in [4.69, 9.17) is 15.2 Å². The number of rotatable bonds is 5. The Balaban J connectivity index is 2.46. The van der Waals surface area contributed by atoms with Crippen molar-refractivity contribution >= 4 is 5.69 Å². The van der Waals surface area contributed by atoms with E-state index in [-0.39, 0.29) is 17.0 Å². The Morgan fingerprint density at radius 2 is 1.75 bits per heavy atom. The van der Waals surface area contributed by atoms with Gasteiger partial charge in [0.15, 0.2) is 11.5 Å². The molecule has 2 rings (SSSR count). The minimum absolute atomic E-state index is 0.0586. The third kappa shape index (κ3) is 3.83. The van der Waals surface area contributed by atoms with Gasteiger partial charge in [-0.05, 0) is 24.3 Å². The molecule has 2 aromatic rings. The lowest BCUT2D eigenvalue weighted by atomic mass is 9.98. The molecule has 5 nitrogen and oxygen atoms in total. The molecule has 0 spiro atoms. The van der Waals surface area contributed by atoms with Gasteiger partial charge in [-0.15, -0.1) is 13.2 Å². The van der Waals surface area contributed by atoms with Crippen LogP contribution >= 0.6 is 0 Å². The van der Waals surface area contributed by atoms with Gasteiger partial charge in [0.25, 0.3) is 0 Å². The number of nitrogen functional groups attached to an aromatic ring is 1. The number of benzene rings is 2. The van der Waals surface area contributed by atoms with Gasteiger partial charge in [0.1, 0.15) is 11.9 Å². The SMILES string of the molecule is COc1cccc(C(O)c2cc(OC(F)(F)F)ccc2N)c1OC. The normalized spacial score (nSPS) is 12.6. The summed E-state index contributed by atoms with van der Waals surface area (Å²) in [5.74, 6) is 0.150. The van der Waals surface area contributed by atoms with Crippen LogP contribution in [0.15, 0.2) is 36.4 Å². The molecule has 24 heavy (non-hydrogen) atoms. The highest BCUT2D eigenvalue weighted by Gasteiger charge is 2.31. The maximum absolute atomic E-state index is 12.4. The molecule has 0 heterocycles. The van der Waals surface area contributed by atoms with E-state index >= 15 is 0 Å². The highest BCUT2D eigenvalue weighted by molar-refractivity contribution is 5.57. The van der Waals surface area contributed by atoms with Crippen molar-refractivity contribution in [2.45, 2.75) is 12.5 Å². The van der Waals surface area contributed by atoms with Crippen molar-refractivity contribution in [2.24, 2.45) is 0 Å². The van der Waals surface area contributed by atoms with E-state index in [0.717, 1.165) is 12.1 Å². The zero-order chi connectivity index (χ0) is 17.9. The van der Waals surface area contributed by atoms with E-state index < -0.39 is 18.2 Å². The Morgan fingerprint density at radius 3 is 2.33 bits per heavy atom. The molecule has 0 saturated carbocycles. The summed E-state index contributed by atoms with van der Waals surface area (Å²) >= 11 is 0. The quantitative estimate of drug-likeness (QED) is 0.815. The fraction of sp³-hybridized carbons (Fsp3) is 0.250. The van der Waals surface area contributed by atoms with E-state index in [1.54, 1.807) is 18.2 Å². The molecule has 3 N–H and O–H groups in total. The van der Waals surface area contributed by atoms with E-state index in [1.807, 2.05) is 0 Å². The van der Waals surface area contributed by atoms with Crippen molar-refractivity contribution in [1.29, 1.82) is 0 Å². The Labute approximate surface area is 136 Å². The first-order valence-electron chi connectivity index (χ1n) is 6.81. The van der Waals surface area contributed by atoms with Gasteiger partial charge in [0.2, 0.25) is 0 Å². The van der Waals surface area contributed by atoms with E-state index in [2.05, 4.69) is 4.74 Å². The number of methoxy groups -OCH3 is 2. The summed E-state index contributed by atoms with van der Waals surface area (Å²) in [6.45, 7) is 0. The molecule has 0 bridgehead atoms. The van der Waals surface area contributed by atoms with Gasteiger partial charge < -0.3 is 25.1 Å². The molecule has 0 aliphatic rings. The van der Waals surface area contributed by atoms with E-state index in [9.17, 15) is 18.3 Å². The summed E-state index contributed by atoms with van der Waals surface area (Å²) in [6.07, 6.45) is -6.17. The molecule has 0 aromatic heterocycles. The van der Waals surface area contributed by atoms with Crippen molar-refractivity contribution < 1.29 is 32.5 Å². The molecule has 2 aromatic carbocycles. The zero-order valence-corrected chi connectivity index (χ0v) is 12.9. The van der Waals surface area contributed by atoms with Crippen molar-refractivity contribution in [1.82, 2.24) is 0 Å². The van der Waals surface area contributed by atoms with Crippen molar-refractivity contribution in [3.8, 4) is 17.2 Å². The number of halogens is 3. The van der Waals surface area contributed by atoms with Crippen LogP contribution in [0.3, 0.4) is 0 Å². The zero-order valence-electron chi connectivity index (χ0n) is 12.9. The van der Waals surface area contributed by atoms with Crippen LogP contribution < -0.4 is 19.9 Å². The average molecular weight is 343 g/mol. The predicted octanol–water partition coefficient (Wildman–Crippen LogP) is 3.27. The summed E-state index contributed by atoms with van der Waals surface area (Å²) in [5.41, 5.74) is 6.25. The minimum atomic E-state index is -4.84. The summed E-state index contributed by atoms with van der Waals surface area (Å²) in [7, 11) is 2.82. The molecular formula is C16H16F3NO4. The largest absolute Gasteiger partial charge is 0.573 e. The van der Waals surface area contributed by atoms with E-state index in [1.165, 1.54) is 20.3 Å². The van der Waals surface area contributed by atoms with Crippen LogP contribution in [0.2, 0.25) is 0 Å². The van der Waals surface area contributed by atoms with Gasteiger partial charge >= 0.3 is 6.36 Å². The summed E-state index contributed by atoms with van der Waals surface area (Å²) in [5, 5.41) is 10.6. The van der Waals surface area contributed by atoms with Crippen LogP contribution in [0.25, 0.3) is 0 Å². The molecule has 0 radical (unpaired) electrons. The van der Waals surface area contributed by atoms with Crippen LogP contribution in [0, 0.1) is 0 Å². The second-order valence-electron chi connectivity index (χ2n) is 4.82. The second-order valence-corrected chi connectivity index (χ2v) is 4.82. The molecule has 0 saturated heterocycles. The molecule has 0 amide bonds. The number of alkyl halides is 3. The first-order valence-corrected chi connectivity index (χ1v) is 6.81. The van der Waals surface area contributed by atoms with Gasteiger partial charge in [-0.2, -0.15) is 0 Å². The molecule has 0 aliphatic carbocycles. The fourth-order valence-corrected chi connectivity index (χ4v) is 2.28. The van der Waals surface area contributed by atoms with Gasteiger partial charge in [0, 0.05) is 16.8 Å². The van der Waals surface area contributed by atoms with Crippen molar-refractivity contribution in [3.63, 3.8) is 0 Å². The Bertz CT molecular complexity index is 719. The van der Waals surface area contributed by atoms with Crippen molar-refractivity contribution in [3.05, 3.63) is 47.5 Å². The molecule has 0 aliphatic heterocycles. The average Bonchev–Trinajstić information content (AvgIpc) is 2.53. The van der Waals surface area contributed by atoms with Crippen LogP contribution in [-0.2, 0) is 0 Å². The maximum atomic E-state index is 12.4. The molecule has 1 atom stereocenters.